The predicted molar refractivity (Wildman–Crippen MR) is 87.0 cm³/mol. The molecule has 0 aliphatic heterocycles. The fraction of sp³-hybridized carbons (Fsp3) is 0.533. The molecule has 20 heavy (non-hydrogen) atoms. The van der Waals surface area contributed by atoms with Gasteiger partial charge in [0, 0.05) is 44.8 Å². The Morgan fingerprint density at radius 2 is 1.85 bits per heavy atom. The highest BCUT2D eigenvalue weighted by Crippen LogP contribution is 2.50. The number of hydrogen-bond acceptors (Lipinski definition) is 1. The molecule has 0 radical (unpaired) electrons. The quantitative estimate of drug-likeness (QED) is 0.627. The van der Waals surface area contributed by atoms with Crippen molar-refractivity contribution in [2.45, 2.75) is 12.3 Å². The fourth-order valence-corrected chi connectivity index (χ4v) is 3.06. The average Bonchev–Trinajstić information content (AvgIpc) is 3.07. The van der Waals surface area contributed by atoms with Gasteiger partial charge in [0.05, 0.1) is 0 Å². The SMILES string of the molecule is CN(C)C(=NCC1CC1c1ccc(Cl)cc1Cl)N(C)C. The number of guanidine groups is 1. The van der Waals surface area contributed by atoms with Crippen molar-refractivity contribution in [1.82, 2.24) is 9.80 Å². The van der Waals surface area contributed by atoms with Crippen LogP contribution in [0.3, 0.4) is 0 Å². The number of hydrogen-bond donors (Lipinski definition) is 0. The lowest BCUT2D eigenvalue weighted by molar-refractivity contribution is 0.478. The Bertz CT molecular complexity index is 502. The van der Waals surface area contributed by atoms with Crippen LogP contribution >= 0.6 is 23.2 Å². The van der Waals surface area contributed by atoms with Crippen LogP contribution in [0.1, 0.15) is 17.9 Å². The molecule has 0 spiro atoms. The summed E-state index contributed by atoms with van der Waals surface area (Å²) in [6.07, 6.45) is 1.15. The molecule has 1 aliphatic carbocycles. The molecule has 0 saturated heterocycles. The second-order valence-electron chi connectivity index (χ2n) is 5.70. The van der Waals surface area contributed by atoms with Gasteiger partial charge in [-0.15, -0.1) is 0 Å². The topological polar surface area (TPSA) is 18.8 Å². The van der Waals surface area contributed by atoms with Crippen LogP contribution in [0, 0.1) is 5.92 Å². The molecule has 2 atom stereocenters. The van der Waals surface area contributed by atoms with Gasteiger partial charge in [-0.25, -0.2) is 0 Å². The van der Waals surface area contributed by atoms with Gasteiger partial charge in [-0.1, -0.05) is 29.3 Å². The second kappa shape index (κ2) is 6.23. The van der Waals surface area contributed by atoms with E-state index in [4.69, 9.17) is 28.2 Å². The minimum Gasteiger partial charge on any atom is -0.349 e. The van der Waals surface area contributed by atoms with Gasteiger partial charge in [0.1, 0.15) is 0 Å². The van der Waals surface area contributed by atoms with Crippen LogP contribution in [-0.4, -0.2) is 50.5 Å². The molecule has 0 aromatic heterocycles. The van der Waals surface area contributed by atoms with Crippen LogP contribution in [0.25, 0.3) is 0 Å². The van der Waals surface area contributed by atoms with Crippen molar-refractivity contribution in [3.05, 3.63) is 33.8 Å². The van der Waals surface area contributed by atoms with Crippen molar-refractivity contribution in [2.75, 3.05) is 34.7 Å². The largest absolute Gasteiger partial charge is 0.349 e. The molecule has 0 heterocycles. The summed E-state index contributed by atoms with van der Waals surface area (Å²) >= 11 is 12.2. The van der Waals surface area contributed by atoms with Crippen molar-refractivity contribution in [2.24, 2.45) is 10.9 Å². The molecule has 0 amide bonds. The van der Waals surface area contributed by atoms with Crippen LogP contribution in [0.2, 0.25) is 10.0 Å². The Kier molecular flexibility index (Phi) is 4.82. The van der Waals surface area contributed by atoms with Crippen LogP contribution in [0.15, 0.2) is 23.2 Å². The van der Waals surface area contributed by atoms with Crippen molar-refractivity contribution in [3.8, 4) is 0 Å². The molecule has 0 N–H and O–H groups in total. The van der Waals surface area contributed by atoms with E-state index >= 15 is 0 Å². The number of rotatable bonds is 3. The maximum absolute atomic E-state index is 6.26. The third-order valence-electron chi connectivity index (χ3n) is 3.55. The minimum atomic E-state index is 0.522. The molecule has 2 unspecified atom stereocenters. The Balaban J connectivity index is 2.00. The highest BCUT2D eigenvalue weighted by atomic mass is 35.5. The molecule has 0 bridgehead atoms. The van der Waals surface area contributed by atoms with Crippen molar-refractivity contribution in [3.63, 3.8) is 0 Å². The Morgan fingerprint density at radius 1 is 1.20 bits per heavy atom. The fourth-order valence-electron chi connectivity index (χ4n) is 2.51. The monoisotopic (exact) mass is 313 g/mol. The normalized spacial score (nSPS) is 20.5. The minimum absolute atomic E-state index is 0.522. The highest BCUT2D eigenvalue weighted by molar-refractivity contribution is 6.35. The first-order valence-electron chi connectivity index (χ1n) is 6.74. The first kappa shape index (κ1) is 15.5. The van der Waals surface area contributed by atoms with Gasteiger partial charge < -0.3 is 9.80 Å². The van der Waals surface area contributed by atoms with Crippen LogP contribution < -0.4 is 0 Å². The lowest BCUT2D eigenvalue weighted by Gasteiger charge is -2.22. The maximum Gasteiger partial charge on any atom is 0.195 e. The predicted octanol–water partition coefficient (Wildman–Crippen LogP) is 3.58. The molecular formula is C15H21Cl2N3. The van der Waals surface area contributed by atoms with E-state index in [-0.39, 0.29) is 0 Å². The number of benzene rings is 1. The third-order valence-corrected chi connectivity index (χ3v) is 4.11. The van der Waals surface area contributed by atoms with Crippen LogP contribution in [0.4, 0.5) is 0 Å². The summed E-state index contributed by atoms with van der Waals surface area (Å²) in [5, 5.41) is 1.46. The lowest BCUT2D eigenvalue weighted by atomic mass is 10.1. The average molecular weight is 314 g/mol. The number of nitrogens with zero attached hydrogens (tertiary/aromatic N) is 3. The summed E-state index contributed by atoms with van der Waals surface area (Å²) in [7, 11) is 8.05. The lowest BCUT2D eigenvalue weighted by Crippen LogP contribution is -2.35. The molecule has 5 heteroatoms. The number of halogens is 2. The second-order valence-corrected chi connectivity index (χ2v) is 6.54. The zero-order chi connectivity index (χ0) is 14.9. The first-order valence-corrected chi connectivity index (χ1v) is 7.49. The summed E-state index contributed by atoms with van der Waals surface area (Å²) in [5.74, 6) is 2.11. The van der Waals surface area contributed by atoms with Gasteiger partial charge >= 0.3 is 0 Å². The first-order chi connectivity index (χ1) is 9.40. The van der Waals surface area contributed by atoms with E-state index < -0.39 is 0 Å². The van der Waals surface area contributed by atoms with Crippen LogP contribution in [-0.2, 0) is 0 Å². The van der Waals surface area contributed by atoms with Gasteiger partial charge in [0.15, 0.2) is 5.96 Å². The summed E-state index contributed by atoms with van der Waals surface area (Å²) < 4.78 is 0. The summed E-state index contributed by atoms with van der Waals surface area (Å²) in [4.78, 5) is 8.78. The van der Waals surface area contributed by atoms with E-state index in [9.17, 15) is 0 Å². The molecule has 1 aromatic rings. The van der Waals surface area contributed by atoms with Crippen molar-refractivity contribution in [1.29, 1.82) is 0 Å². The van der Waals surface area contributed by atoms with Crippen molar-refractivity contribution < 1.29 is 0 Å². The summed E-state index contributed by atoms with van der Waals surface area (Å²) in [5.41, 5.74) is 1.20. The summed E-state index contributed by atoms with van der Waals surface area (Å²) in [6.45, 7) is 0.843. The Morgan fingerprint density at radius 3 is 2.40 bits per heavy atom. The third kappa shape index (κ3) is 3.58. The van der Waals surface area contributed by atoms with Gasteiger partial charge in [-0.3, -0.25) is 4.99 Å². The molecular weight excluding hydrogens is 293 g/mol. The smallest absolute Gasteiger partial charge is 0.195 e. The van der Waals surface area contributed by atoms with E-state index in [1.807, 2.05) is 56.2 Å². The maximum atomic E-state index is 6.26. The van der Waals surface area contributed by atoms with Gasteiger partial charge in [-0.2, -0.15) is 0 Å². The number of aliphatic imine (C=N–C) groups is 1. The van der Waals surface area contributed by atoms with Gasteiger partial charge in [0.25, 0.3) is 0 Å². The Hall–Kier alpha value is -0.930. The van der Waals surface area contributed by atoms with E-state index in [0.29, 0.717) is 16.9 Å². The molecule has 2 rings (SSSR count). The molecule has 1 fully saturated rings. The zero-order valence-corrected chi connectivity index (χ0v) is 13.9. The van der Waals surface area contributed by atoms with E-state index in [2.05, 4.69) is 0 Å². The van der Waals surface area contributed by atoms with Gasteiger partial charge in [0.2, 0.25) is 0 Å². The molecule has 1 saturated carbocycles. The van der Waals surface area contributed by atoms with Crippen molar-refractivity contribution >= 4 is 29.2 Å². The summed E-state index contributed by atoms with van der Waals surface area (Å²) in [6, 6.07) is 5.77. The molecule has 110 valence electrons. The molecule has 1 aliphatic rings. The zero-order valence-electron chi connectivity index (χ0n) is 12.4. The molecule has 3 nitrogen and oxygen atoms in total. The molecule has 1 aromatic carbocycles. The van der Waals surface area contributed by atoms with Gasteiger partial charge in [-0.05, 0) is 36.0 Å². The Labute approximate surface area is 131 Å². The van der Waals surface area contributed by atoms with E-state index in [1.54, 1.807) is 0 Å². The van der Waals surface area contributed by atoms with Crippen LogP contribution in [0.5, 0.6) is 0 Å². The van der Waals surface area contributed by atoms with E-state index in [0.717, 1.165) is 23.9 Å². The highest BCUT2D eigenvalue weighted by Gasteiger charge is 2.39. The standard InChI is InChI=1S/C15H21Cl2N3/c1-19(2)15(20(3)4)18-9-10-7-13(10)12-6-5-11(16)8-14(12)17/h5-6,8,10,13H,7,9H2,1-4H3. The van der Waals surface area contributed by atoms with E-state index in [1.165, 1.54) is 5.56 Å².